The number of rotatable bonds is 6. The van der Waals surface area contributed by atoms with Crippen LogP contribution >= 0.6 is 0 Å². The van der Waals surface area contributed by atoms with Crippen molar-refractivity contribution in [3.05, 3.63) is 70.3 Å². The third-order valence-electron chi connectivity index (χ3n) is 4.08. The maximum absolute atomic E-state index is 13.2. The summed E-state index contributed by atoms with van der Waals surface area (Å²) in [5.74, 6) is -3.14. The van der Waals surface area contributed by atoms with Gasteiger partial charge < -0.3 is 11.1 Å². The zero-order valence-corrected chi connectivity index (χ0v) is 14.1. The molecule has 0 aliphatic heterocycles. The van der Waals surface area contributed by atoms with Crippen LogP contribution < -0.4 is 11.1 Å². The number of amides is 2. The van der Waals surface area contributed by atoms with Crippen molar-refractivity contribution in [2.45, 2.75) is 32.7 Å². The van der Waals surface area contributed by atoms with Gasteiger partial charge in [0.15, 0.2) is 11.6 Å². The minimum atomic E-state index is -1.02. The number of hydrogen-bond donors (Lipinski definition) is 2. The van der Waals surface area contributed by atoms with E-state index >= 15 is 0 Å². The smallest absolute Gasteiger partial charge is 0.240 e. The predicted molar refractivity (Wildman–Crippen MR) is 90.8 cm³/mol. The third-order valence-corrected chi connectivity index (χ3v) is 4.08. The molecule has 6 heteroatoms. The second-order valence-corrected chi connectivity index (χ2v) is 6.02. The van der Waals surface area contributed by atoms with Gasteiger partial charge >= 0.3 is 0 Å². The second kappa shape index (κ2) is 7.88. The maximum Gasteiger partial charge on any atom is 0.240 e. The van der Waals surface area contributed by atoms with E-state index < -0.39 is 29.5 Å². The van der Waals surface area contributed by atoms with E-state index in [2.05, 4.69) is 5.32 Å². The van der Waals surface area contributed by atoms with Gasteiger partial charge in [0.05, 0.1) is 6.42 Å². The van der Waals surface area contributed by atoms with Gasteiger partial charge in [-0.1, -0.05) is 24.3 Å². The van der Waals surface area contributed by atoms with E-state index in [9.17, 15) is 18.4 Å². The second-order valence-electron chi connectivity index (χ2n) is 6.02. The molecule has 2 aromatic carbocycles. The first-order valence-corrected chi connectivity index (χ1v) is 7.85. The van der Waals surface area contributed by atoms with Gasteiger partial charge in [-0.25, -0.2) is 8.78 Å². The van der Waals surface area contributed by atoms with E-state index in [1.54, 1.807) is 0 Å². The van der Waals surface area contributed by atoms with E-state index in [4.69, 9.17) is 5.73 Å². The van der Waals surface area contributed by atoms with Crippen LogP contribution in [-0.2, 0) is 22.4 Å². The molecule has 0 saturated carbocycles. The summed E-state index contributed by atoms with van der Waals surface area (Å²) in [6.45, 7) is 3.84. The topological polar surface area (TPSA) is 72.2 Å². The monoisotopic (exact) mass is 346 g/mol. The highest BCUT2D eigenvalue weighted by atomic mass is 19.2. The van der Waals surface area contributed by atoms with Crippen molar-refractivity contribution >= 4 is 11.8 Å². The lowest BCUT2D eigenvalue weighted by atomic mass is 9.96. The van der Waals surface area contributed by atoms with Crippen LogP contribution in [0.25, 0.3) is 0 Å². The minimum absolute atomic E-state index is 0.173. The molecule has 0 bridgehead atoms. The van der Waals surface area contributed by atoms with E-state index in [0.29, 0.717) is 5.56 Å². The molecule has 25 heavy (non-hydrogen) atoms. The van der Waals surface area contributed by atoms with Crippen LogP contribution in [0.15, 0.2) is 36.4 Å². The summed E-state index contributed by atoms with van der Waals surface area (Å²) in [6.07, 6.45) is 0.102. The Hall–Kier alpha value is -2.76. The fraction of sp³-hybridized carbons (Fsp3) is 0.263. The Morgan fingerprint density at radius 1 is 1.08 bits per heavy atom. The van der Waals surface area contributed by atoms with Crippen molar-refractivity contribution in [2.24, 2.45) is 5.73 Å². The van der Waals surface area contributed by atoms with Gasteiger partial charge in [0.25, 0.3) is 0 Å². The molecule has 0 aliphatic rings. The molecule has 3 N–H and O–H groups in total. The lowest BCUT2D eigenvalue weighted by Gasteiger charge is -2.18. The number of carbonyl (C=O) groups excluding carboxylic acids is 2. The van der Waals surface area contributed by atoms with Crippen molar-refractivity contribution in [1.82, 2.24) is 5.32 Å². The Kier molecular flexibility index (Phi) is 5.85. The Morgan fingerprint density at radius 2 is 1.72 bits per heavy atom. The van der Waals surface area contributed by atoms with E-state index in [0.717, 1.165) is 28.8 Å². The molecule has 0 aromatic heterocycles. The van der Waals surface area contributed by atoms with E-state index in [1.165, 1.54) is 6.07 Å². The normalized spacial score (nSPS) is 11.8. The first-order valence-electron chi connectivity index (χ1n) is 7.85. The van der Waals surface area contributed by atoms with Gasteiger partial charge in [-0.15, -0.1) is 0 Å². The van der Waals surface area contributed by atoms with Gasteiger partial charge in [-0.3, -0.25) is 9.59 Å². The molecule has 0 unspecified atom stereocenters. The molecule has 0 radical (unpaired) electrons. The average molecular weight is 346 g/mol. The Bertz CT molecular complexity index is 786. The summed E-state index contributed by atoms with van der Waals surface area (Å²) < 4.78 is 26.1. The number of aryl methyl sites for hydroxylation is 2. The van der Waals surface area contributed by atoms with Crippen molar-refractivity contribution in [3.63, 3.8) is 0 Å². The molecule has 0 spiro atoms. The van der Waals surface area contributed by atoms with Gasteiger partial charge in [0, 0.05) is 6.42 Å². The number of halogens is 2. The fourth-order valence-electron chi connectivity index (χ4n) is 2.68. The van der Waals surface area contributed by atoms with Crippen molar-refractivity contribution in [3.8, 4) is 0 Å². The van der Waals surface area contributed by atoms with Crippen molar-refractivity contribution < 1.29 is 18.4 Å². The predicted octanol–water partition coefficient (Wildman–Crippen LogP) is 2.34. The zero-order chi connectivity index (χ0) is 18.6. The minimum Gasteiger partial charge on any atom is -0.368 e. The molecule has 1 atom stereocenters. The molecule has 2 rings (SSSR count). The summed E-state index contributed by atoms with van der Waals surface area (Å²) in [5.41, 5.74) is 8.66. The number of benzene rings is 2. The lowest BCUT2D eigenvalue weighted by molar-refractivity contribution is -0.127. The maximum atomic E-state index is 13.2. The van der Waals surface area contributed by atoms with Crippen LogP contribution in [0.2, 0.25) is 0 Å². The SMILES string of the molecule is Cc1cccc(C)c1C[C@H](NC(=O)Cc1ccc(F)c(F)c1)C(N)=O. The number of nitrogens with one attached hydrogen (secondary N) is 1. The van der Waals surface area contributed by atoms with Crippen LogP contribution in [0.4, 0.5) is 8.78 Å². The third kappa shape index (κ3) is 4.86. The summed E-state index contributed by atoms with van der Waals surface area (Å²) in [4.78, 5) is 23.9. The standard InChI is InChI=1S/C19H20F2N2O2/c1-11-4-3-5-12(2)14(11)10-17(19(22)25)23-18(24)9-13-6-7-15(20)16(21)8-13/h3-8,17H,9-10H2,1-2H3,(H2,22,25)(H,23,24)/t17-/m0/s1. The molecule has 4 nitrogen and oxygen atoms in total. The molecule has 0 heterocycles. The van der Waals surface area contributed by atoms with E-state index in [-0.39, 0.29) is 12.8 Å². The van der Waals surface area contributed by atoms with Crippen LogP contribution in [0, 0.1) is 25.5 Å². The van der Waals surface area contributed by atoms with E-state index in [1.807, 2.05) is 32.0 Å². The Labute approximate surface area is 145 Å². The first kappa shape index (κ1) is 18.6. The molecular formula is C19H20F2N2O2. The summed E-state index contributed by atoms with van der Waals surface area (Å²) >= 11 is 0. The largest absolute Gasteiger partial charge is 0.368 e. The van der Waals surface area contributed by atoms with Gasteiger partial charge in [-0.05, 0) is 48.2 Å². The molecule has 0 fully saturated rings. The number of primary amides is 1. The molecule has 2 aromatic rings. The first-order chi connectivity index (χ1) is 11.8. The molecular weight excluding hydrogens is 326 g/mol. The fourth-order valence-corrected chi connectivity index (χ4v) is 2.68. The van der Waals surface area contributed by atoms with Gasteiger partial charge in [-0.2, -0.15) is 0 Å². The van der Waals surface area contributed by atoms with Crippen LogP contribution in [0.1, 0.15) is 22.3 Å². The van der Waals surface area contributed by atoms with Crippen LogP contribution in [0.5, 0.6) is 0 Å². The van der Waals surface area contributed by atoms with Gasteiger partial charge in [0.1, 0.15) is 6.04 Å². The summed E-state index contributed by atoms with van der Waals surface area (Å²) in [6, 6.07) is 8.11. The molecule has 132 valence electrons. The zero-order valence-electron chi connectivity index (χ0n) is 14.1. The lowest BCUT2D eigenvalue weighted by Crippen LogP contribution is -2.46. The van der Waals surface area contributed by atoms with Crippen molar-refractivity contribution in [1.29, 1.82) is 0 Å². The molecule has 0 saturated heterocycles. The number of hydrogen-bond acceptors (Lipinski definition) is 2. The Morgan fingerprint density at radius 3 is 2.28 bits per heavy atom. The average Bonchev–Trinajstić information content (AvgIpc) is 2.53. The highest BCUT2D eigenvalue weighted by Gasteiger charge is 2.20. The Balaban J connectivity index is 2.09. The number of carbonyl (C=O) groups is 2. The van der Waals surface area contributed by atoms with Gasteiger partial charge in [0.2, 0.25) is 11.8 Å². The molecule has 2 amide bonds. The van der Waals surface area contributed by atoms with Crippen LogP contribution in [0.3, 0.4) is 0 Å². The quantitative estimate of drug-likeness (QED) is 0.843. The highest BCUT2D eigenvalue weighted by Crippen LogP contribution is 2.16. The summed E-state index contributed by atoms with van der Waals surface area (Å²) in [7, 11) is 0. The summed E-state index contributed by atoms with van der Waals surface area (Å²) in [5, 5.41) is 2.57. The van der Waals surface area contributed by atoms with Crippen LogP contribution in [-0.4, -0.2) is 17.9 Å². The highest BCUT2D eigenvalue weighted by molar-refractivity contribution is 5.87. The molecule has 0 aliphatic carbocycles. The van der Waals surface area contributed by atoms with Crippen molar-refractivity contribution in [2.75, 3.05) is 0 Å². The number of nitrogens with two attached hydrogens (primary N) is 1.